The van der Waals surface area contributed by atoms with Crippen molar-refractivity contribution in [3.63, 3.8) is 0 Å². The van der Waals surface area contributed by atoms with Gasteiger partial charge < -0.3 is 10.2 Å². The van der Waals surface area contributed by atoms with Crippen molar-refractivity contribution in [2.75, 3.05) is 10.2 Å². The first kappa shape index (κ1) is 15.6. The first-order chi connectivity index (χ1) is 11.0. The highest BCUT2D eigenvalue weighted by Crippen LogP contribution is 2.32. The van der Waals surface area contributed by atoms with Gasteiger partial charge in [-0.1, -0.05) is 43.6 Å². The van der Waals surface area contributed by atoms with Crippen molar-refractivity contribution in [1.29, 1.82) is 0 Å². The molecule has 0 unspecified atom stereocenters. The Morgan fingerprint density at radius 1 is 1.22 bits per heavy atom. The minimum absolute atomic E-state index is 0.0318. The van der Waals surface area contributed by atoms with E-state index in [-0.39, 0.29) is 17.7 Å². The molecule has 23 heavy (non-hydrogen) atoms. The minimum atomic E-state index is -0.125. The van der Waals surface area contributed by atoms with Crippen molar-refractivity contribution in [3.05, 3.63) is 58.6 Å². The highest BCUT2D eigenvalue weighted by atomic mass is 35.5. The number of halogens is 1. The number of carbonyl (C=O) groups is 2. The van der Waals surface area contributed by atoms with Crippen LogP contribution in [-0.2, 0) is 11.3 Å². The maximum absolute atomic E-state index is 12.5. The molecule has 0 fully saturated rings. The number of hydrogen-bond acceptors (Lipinski definition) is 2. The maximum atomic E-state index is 12.5. The fraction of sp³-hybridized carbons (Fsp3) is 0.222. The summed E-state index contributed by atoms with van der Waals surface area (Å²) in [6.45, 7) is 4.17. The molecule has 0 radical (unpaired) electrons. The Morgan fingerprint density at radius 2 is 1.96 bits per heavy atom. The van der Waals surface area contributed by atoms with E-state index in [0.29, 0.717) is 17.3 Å². The molecule has 0 aliphatic carbocycles. The largest absolute Gasteiger partial charge is 0.325 e. The van der Waals surface area contributed by atoms with Gasteiger partial charge >= 0.3 is 0 Å². The van der Waals surface area contributed by atoms with E-state index in [9.17, 15) is 9.59 Å². The summed E-state index contributed by atoms with van der Waals surface area (Å²) in [5.41, 5.74) is 3.00. The maximum Gasteiger partial charge on any atom is 0.258 e. The van der Waals surface area contributed by atoms with Gasteiger partial charge in [0.1, 0.15) is 0 Å². The fourth-order valence-corrected chi connectivity index (χ4v) is 2.74. The van der Waals surface area contributed by atoms with Crippen LogP contribution in [0.1, 0.15) is 29.8 Å². The minimum Gasteiger partial charge on any atom is -0.325 e. The Kier molecular flexibility index (Phi) is 4.09. The molecule has 0 spiro atoms. The Bertz CT molecular complexity index is 786. The van der Waals surface area contributed by atoms with Crippen LogP contribution in [0.3, 0.4) is 0 Å². The first-order valence-electron chi connectivity index (χ1n) is 7.47. The number of benzene rings is 2. The van der Waals surface area contributed by atoms with Crippen molar-refractivity contribution in [1.82, 2.24) is 0 Å². The molecule has 4 nitrogen and oxygen atoms in total. The number of fused-ring (bicyclic) bond motifs is 1. The summed E-state index contributed by atoms with van der Waals surface area (Å²) in [7, 11) is 0. The van der Waals surface area contributed by atoms with E-state index in [1.807, 2.05) is 38.1 Å². The number of anilines is 2. The molecule has 1 aliphatic rings. The zero-order valence-electron chi connectivity index (χ0n) is 13.0. The second-order valence-electron chi connectivity index (χ2n) is 5.86. The van der Waals surface area contributed by atoms with Crippen molar-refractivity contribution >= 4 is 34.8 Å². The van der Waals surface area contributed by atoms with Gasteiger partial charge in [-0.2, -0.15) is 0 Å². The molecule has 3 rings (SSSR count). The van der Waals surface area contributed by atoms with Gasteiger partial charge in [-0.25, -0.2) is 0 Å². The van der Waals surface area contributed by atoms with Gasteiger partial charge in [0.25, 0.3) is 5.91 Å². The van der Waals surface area contributed by atoms with Crippen molar-refractivity contribution in [3.8, 4) is 0 Å². The predicted octanol–water partition coefficient (Wildman–Crippen LogP) is 4.09. The van der Waals surface area contributed by atoms with E-state index in [1.165, 1.54) is 0 Å². The molecular formula is C18H17ClN2O2. The Balaban J connectivity index is 1.85. The molecule has 1 heterocycles. The number of amides is 2. The summed E-state index contributed by atoms with van der Waals surface area (Å²) in [5.74, 6) is -0.250. The molecule has 1 aliphatic heterocycles. The van der Waals surface area contributed by atoms with Gasteiger partial charge in [-0.15, -0.1) is 0 Å². The first-order valence-corrected chi connectivity index (χ1v) is 7.85. The number of nitrogens with zero attached hydrogens (tertiary/aromatic N) is 1. The van der Waals surface area contributed by atoms with Crippen LogP contribution in [0, 0.1) is 5.92 Å². The third-order valence-corrected chi connectivity index (χ3v) is 4.18. The van der Waals surface area contributed by atoms with Crippen molar-refractivity contribution in [2.24, 2.45) is 5.92 Å². The lowest BCUT2D eigenvalue weighted by Gasteiger charge is -2.17. The summed E-state index contributed by atoms with van der Waals surface area (Å²) < 4.78 is 0. The van der Waals surface area contributed by atoms with Gasteiger partial charge in [0.05, 0.1) is 17.3 Å². The normalized spacial score (nSPS) is 13.4. The Labute approximate surface area is 140 Å². The van der Waals surface area contributed by atoms with Gasteiger partial charge in [-0.05, 0) is 29.8 Å². The van der Waals surface area contributed by atoms with E-state index in [2.05, 4.69) is 5.32 Å². The van der Waals surface area contributed by atoms with Crippen molar-refractivity contribution in [2.45, 2.75) is 20.4 Å². The van der Waals surface area contributed by atoms with Gasteiger partial charge in [0.2, 0.25) is 5.91 Å². The van der Waals surface area contributed by atoms with Gasteiger partial charge in [-0.3, -0.25) is 9.59 Å². The zero-order valence-corrected chi connectivity index (χ0v) is 13.7. The monoisotopic (exact) mass is 328 g/mol. The lowest BCUT2D eigenvalue weighted by atomic mass is 10.1. The third kappa shape index (κ3) is 2.94. The van der Waals surface area contributed by atoms with Crippen LogP contribution in [0.25, 0.3) is 0 Å². The quantitative estimate of drug-likeness (QED) is 0.922. The van der Waals surface area contributed by atoms with Gasteiger partial charge in [0.15, 0.2) is 0 Å². The van der Waals surface area contributed by atoms with Gasteiger partial charge in [0, 0.05) is 17.2 Å². The second kappa shape index (κ2) is 6.05. The molecule has 1 N–H and O–H groups in total. The summed E-state index contributed by atoms with van der Waals surface area (Å²) >= 11 is 6.26. The predicted molar refractivity (Wildman–Crippen MR) is 91.9 cm³/mol. The number of carbonyl (C=O) groups excluding carboxylic acids is 2. The van der Waals surface area contributed by atoms with Crippen LogP contribution in [-0.4, -0.2) is 11.8 Å². The smallest absolute Gasteiger partial charge is 0.258 e. The molecule has 5 heteroatoms. The van der Waals surface area contributed by atoms with Crippen LogP contribution in [0.2, 0.25) is 5.02 Å². The lowest BCUT2D eigenvalue weighted by Crippen LogP contribution is -2.23. The zero-order chi connectivity index (χ0) is 16.6. The molecule has 2 aromatic rings. The number of hydrogen-bond donors (Lipinski definition) is 1. The van der Waals surface area contributed by atoms with E-state index >= 15 is 0 Å². The highest BCUT2D eigenvalue weighted by Gasteiger charge is 2.28. The van der Waals surface area contributed by atoms with Crippen LogP contribution >= 0.6 is 11.6 Å². The Hall–Kier alpha value is -2.33. The van der Waals surface area contributed by atoms with Crippen LogP contribution in [0.15, 0.2) is 42.5 Å². The van der Waals surface area contributed by atoms with Crippen molar-refractivity contribution < 1.29 is 9.59 Å². The summed E-state index contributed by atoms with van der Waals surface area (Å²) in [4.78, 5) is 25.9. The summed E-state index contributed by atoms with van der Waals surface area (Å²) in [5, 5.41) is 3.20. The molecule has 0 atom stereocenters. The molecule has 2 amide bonds. The standard InChI is InChI=1S/C18H17ClN2O2/c1-11(2)17(22)20-16-8-7-13(9-15(16)19)21-10-12-5-3-4-6-14(12)18(21)23/h3-9,11H,10H2,1-2H3,(H,20,22). The topological polar surface area (TPSA) is 49.4 Å². The van der Waals surface area contributed by atoms with Crippen LogP contribution in [0.5, 0.6) is 0 Å². The second-order valence-corrected chi connectivity index (χ2v) is 6.26. The summed E-state index contributed by atoms with van der Waals surface area (Å²) in [6, 6.07) is 12.8. The average Bonchev–Trinajstić information content (AvgIpc) is 2.86. The lowest BCUT2D eigenvalue weighted by molar-refractivity contribution is -0.118. The molecule has 118 valence electrons. The molecular weight excluding hydrogens is 312 g/mol. The molecule has 0 saturated heterocycles. The fourth-order valence-electron chi connectivity index (χ4n) is 2.51. The van der Waals surface area contributed by atoms with Crippen LogP contribution < -0.4 is 10.2 Å². The average molecular weight is 329 g/mol. The molecule has 0 bridgehead atoms. The van der Waals surface area contributed by atoms with E-state index in [0.717, 1.165) is 16.8 Å². The van der Waals surface area contributed by atoms with E-state index < -0.39 is 0 Å². The summed E-state index contributed by atoms with van der Waals surface area (Å²) in [6.07, 6.45) is 0. The SMILES string of the molecule is CC(C)C(=O)Nc1ccc(N2Cc3ccccc3C2=O)cc1Cl. The number of nitrogens with one attached hydrogen (secondary N) is 1. The molecule has 0 aromatic heterocycles. The highest BCUT2D eigenvalue weighted by molar-refractivity contribution is 6.34. The van der Waals surface area contributed by atoms with Crippen LogP contribution in [0.4, 0.5) is 11.4 Å². The molecule has 0 saturated carbocycles. The molecule has 2 aromatic carbocycles. The van der Waals surface area contributed by atoms with E-state index in [4.69, 9.17) is 11.6 Å². The van der Waals surface area contributed by atoms with E-state index in [1.54, 1.807) is 23.1 Å². The Morgan fingerprint density at radius 3 is 2.61 bits per heavy atom. The third-order valence-electron chi connectivity index (χ3n) is 3.87. The number of rotatable bonds is 3.